The first-order valence-electron chi connectivity index (χ1n) is 6.77. The van der Waals surface area contributed by atoms with Crippen LogP contribution in [0.15, 0.2) is 18.3 Å². The largest absolute Gasteiger partial charge is 0.314 e. The van der Waals surface area contributed by atoms with Crippen LogP contribution in [0.2, 0.25) is 0 Å². The molecule has 18 heavy (non-hydrogen) atoms. The lowest BCUT2D eigenvalue weighted by Gasteiger charge is -2.29. The normalized spacial score (nSPS) is 17.3. The molecule has 1 fully saturated rings. The number of hydrogen-bond donors (Lipinski definition) is 1. The molecule has 2 rings (SSSR count). The Bertz CT molecular complexity index is 343. The predicted octanol–water partition coefficient (Wildman–Crippen LogP) is 0.727. The highest BCUT2D eigenvalue weighted by Gasteiger charge is 2.10. The molecule has 0 aromatic carbocycles. The summed E-state index contributed by atoms with van der Waals surface area (Å²) in [5, 5.41) is 3.38. The van der Waals surface area contributed by atoms with Crippen molar-refractivity contribution < 1.29 is 0 Å². The van der Waals surface area contributed by atoms with Gasteiger partial charge in [0, 0.05) is 52.0 Å². The highest BCUT2D eigenvalue weighted by Crippen LogP contribution is 2.02. The van der Waals surface area contributed by atoms with Crippen LogP contribution in [-0.4, -0.2) is 61.1 Å². The van der Waals surface area contributed by atoms with Gasteiger partial charge in [-0.05, 0) is 25.6 Å². The van der Waals surface area contributed by atoms with Gasteiger partial charge < -0.3 is 5.32 Å². The molecule has 4 heteroatoms. The highest BCUT2D eigenvalue weighted by atomic mass is 15.2. The summed E-state index contributed by atoms with van der Waals surface area (Å²) < 4.78 is 0. The number of rotatable bonds is 5. The van der Waals surface area contributed by atoms with Crippen LogP contribution in [0.3, 0.4) is 0 Å². The van der Waals surface area contributed by atoms with E-state index in [0.29, 0.717) is 0 Å². The number of likely N-dealkylation sites (N-methyl/N-ethyl adjacent to an activating group) is 1. The number of nitrogens with one attached hydrogen (secondary N) is 1. The zero-order valence-corrected chi connectivity index (χ0v) is 11.5. The monoisotopic (exact) mass is 248 g/mol. The van der Waals surface area contributed by atoms with Crippen molar-refractivity contribution in [3.05, 3.63) is 29.6 Å². The van der Waals surface area contributed by atoms with Crippen molar-refractivity contribution in [2.24, 2.45) is 0 Å². The molecule has 0 amide bonds. The van der Waals surface area contributed by atoms with Crippen molar-refractivity contribution in [1.29, 1.82) is 0 Å². The van der Waals surface area contributed by atoms with Crippen LogP contribution < -0.4 is 5.32 Å². The van der Waals surface area contributed by atoms with E-state index in [2.05, 4.69) is 46.2 Å². The fraction of sp³-hybridized carbons (Fsp3) is 0.643. The van der Waals surface area contributed by atoms with Crippen molar-refractivity contribution in [2.45, 2.75) is 13.5 Å². The summed E-state index contributed by atoms with van der Waals surface area (Å²) in [5.74, 6) is 0. The fourth-order valence-corrected chi connectivity index (χ4v) is 2.19. The Morgan fingerprint density at radius 3 is 2.78 bits per heavy atom. The number of hydrogen-bond acceptors (Lipinski definition) is 4. The SMILES string of the molecule is Cc1ccc(CN(C)CCN2CCNCC2)nc1. The van der Waals surface area contributed by atoms with Crippen LogP contribution in [0.1, 0.15) is 11.3 Å². The number of aromatic nitrogens is 1. The Balaban J connectivity index is 1.71. The summed E-state index contributed by atoms with van der Waals surface area (Å²) in [5.41, 5.74) is 2.38. The van der Waals surface area contributed by atoms with Crippen LogP contribution in [0.5, 0.6) is 0 Å². The molecule has 0 unspecified atom stereocenters. The van der Waals surface area contributed by atoms with Crippen molar-refractivity contribution >= 4 is 0 Å². The molecule has 100 valence electrons. The molecule has 0 atom stereocenters. The molecular weight excluding hydrogens is 224 g/mol. The molecule has 2 heterocycles. The lowest BCUT2D eigenvalue weighted by atomic mass is 10.2. The van der Waals surface area contributed by atoms with Gasteiger partial charge in [-0.3, -0.25) is 14.8 Å². The Kier molecular flexibility index (Phi) is 5.11. The predicted molar refractivity (Wildman–Crippen MR) is 74.6 cm³/mol. The smallest absolute Gasteiger partial charge is 0.0544 e. The minimum Gasteiger partial charge on any atom is -0.314 e. The quantitative estimate of drug-likeness (QED) is 0.832. The average molecular weight is 248 g/mol. The van der Waals surface area contributed by atoms with Crippen LogP contribution in [0.25, 0.3) is 0 Å². The summed E-state index contributed by atoms with van der Waals surface area (Å²) in [6.07, 6.45) is 1.94. The lowest BCUT2D eigenvalue weighted by Crippen LogP contribution is -2.45. The molecule has 1 N–H and O–H groups in total. The third-order valence-electron chi connectivity index (χ3n) is 3.41. The first-order valence-corrected chi connectivity index (χ1v) is 6.77. The van der Waals surface area contributed by atoms with Gasteiger partial charge in [-0.15, -0.1) is 0 Å². The summed E-state index contributed by atoms with van der Waals surface area (Å²) in [6.45, 7) is 9.89. The van der Waals surface area contributed by atoms with Crippen LogP contribution in [0, 0.1) is 6.92 Å². The van der Waals surface area contributed by atoms with Crippen LogP contribution in [-0.2, 0) is 6.54 Å². The molecule has 1 saturated heterocycles. The fourth-order valence-electron chi connectivity index (χ4n) is 2.19. The van der Waals surface area contributed by atoms with Crippen molar-refractivity contribution in [1.82, 2.24) is 20.1 Å². The molecule has 4 nitrogen and oxygen atoms in total. The van der Waals surface area contributed by atoms with Gasteiger partial charge in [0.25, 0.3) is 0 Å². The summed E-state index contributed by atoms with van der Waals surface area (Å²) in [6, 6.07) is 4.25. The van der Waals surface area contributed by atoms with E-state index in [1.165, 1.54) is 18.7 Å². The molecule has 1 aromatic rings. The zero-order chi connectivity index (χ0) is 12.8. The van der Waals surface area contributed by atoms with E-state index < -0.39 is 0 Å². The molecule has 0 radical (unpaired) electrons. The van der Waals surface area contributed by atoms with Gasteiger partial charge in [0.1, 0.15) is 0 Å². The maximum Gasteiger partial charge on any atom is 0.0544 e. The third-order valence-corrected chi connectivity index (χ3v) is 3.41. The van der Waals surface area contributed by atoms with Gasteiger partial charge in [0.2, 0.25) is 0 Å². The molecule has 0 saturated carbocycles. The van der Waals surface area contributed by atoms with Crippen molar-refractivity contribution in [3.63, 3.8) is 0 Å². The first-order chi connectivity index (χ1) is 8.74. The molecule has 1 aliphatic heterocycles. The zero-order valence-electron chi connectivity index (χ0n) is 11.5. The molecule has 1 aromatic heterocycles. The molecule has 0 spiro atoms. The Morgan fingerprint density at radius 1 is 1.33 bits per heavy atom. The van der Waals surface area contributed by atoms with E-state index in [1.807, 2.05) is 6.20 Å². The van der Waals surface area contributed by atoms with E-state index in [4.69, 9.17) is 0 Å². The van der Waals surface area contributed by atoms with Gasteiger partial charge >= 0.3 is 0 Å². The van der Waals surface area contributed by atoms with Crippen molar-refractivity contribution in [3.8, 4) is 0 Å². The van der Waals surface area contributed by atoms with Gasteiger partial charge in [0.15, 0.2) is 0 Å². The van der Waals surface area contributed by atoms with Gasteiger partial charge in [-0.1, -0.05) is 6.07 Å². The van der Waals surface area contributed by atoms with E-state index >= 15 is 0 Å². The Hall–Kier alpha value is -0.970. The second-order valence-electron chi connectivity index (χ2n) is 5.16. The highest BCUT2D eigenvalue weighted by molar-refractivity contribution is 5.11. The molecular formula is C14H24N4. The van der Waals surface area contributed by atoms with Gasteiger partial charge in [-0.2, -0.15) is 0 Å². The summed E-state index contributed by atoms with van der Waals surface area (Å²) >= 11 is 0. The molecule has 0 bridgehead atoms. The van der Waals surface area contributed by atoms with Crippen LogP contribution >= 0.6 is 0 Å². The summed E-state index contributed by atoms with van der Waals surface area (Å²) in [7, 11) is 2.17. The maximum atomic E-state index is 4.45. The topological polar surface area (TPSA) is 31.4 Å². The van der Waals surface area contributed by atoms with Crippen molar-refractivity contribution in [2.75, 3.05) is 46.3 Å². The molecule has 1 aliphatic rings. The van der Waals surface area contributed by atoms with Gasteiger partial charge in [0.05, 0.1) is 5.69 Å². The third kappa shape index (κ3) is 4.37. The minimum atomic E-state index is 0.937. The average Bonchev–Trinajstić information content (AvgIpc) is 2.40. The number of aryl methyl sites for hydroxylation is 1. The van der Waals surface area contributed by atoms with E-state index in [9.17, 15) is 0 Å². The summed E-state index contributed by atoms with van der Waals surface area (Å²) in [4.78, 5) is 9.32. The standard InChI is InChI=1S/C14H24N4/c1-13-3-4-14(16-11-13)12-17(2)9-10-18-7-5-15-6-8-18/h3-4,11,15H,5-10,12H2,1-2H3. The Morgan fingerprint density at radius 2 is 2.11 bits per heavy atom. The second kappa shape index (κ2) is 6.83. The number of nitrogens with zero attached hydrogens (tertiary/aromatic N) is 3. The minimum absolute atomic E-state index is 0.937. The molecule has 0 aliphatic carbocycles. The Labute approximate surface area is 110 Å². The van der Waals surface area contributed by atoms with Crippen LogP contribution in [0.4, 0.5) is 0 Å². The van der Waals surface area contributed by atoms with E-state index in [0.717, 1.165) is 38.4 Å². The second-order valence-corrected chi connectivity index (χ2v) is 5.16. The van der Waals surface area contributed by atoms with Gasteiger partial charge in [-0.25, -0.2) is 0 Å². The lowest BCUT2D eigenvalue weighted by molar-refractivity contribution is 0.201. The first kappa shape index (κ1) is 13.5. The number of piperazine rings is 1. The van der Waals surface area contributed by atoms with E-state index in [-0.39, 0.29) is 0 Å². The van der Waals surface area contributed by atoms with E-state index in [1.54, 1.807) is 0 Å². The number of pyridine rings is 1. The maximum absolute atomic E-state index is 4.45.